The third-order valence-corrected chi connectivity index (χ3v) is 5.97. The first-order valence-corrected chi connectivity index (χ1v) is 10.9. The third-order valence-electron chi connectivity index (χ3n) is 4.83. The van der Waals surface area contributed by atoms with Gasteiger partial charge in [-0.1, -0.05) is 12.1 Å². The SMILES string of the molecule is CCn1[nH]cc(C(=O)c2ccc(S(C)(=O)=O)c(-c3cccc(OC)c3)c2C)c1=O. The molecule has 0 saturated heterocycles. The molecule has 152 valence electrons. The highest BCUT2D eigenvalue weighted by Crippen LogP contribution is 2.35. The van der Waals surface area contributed by atoms with Gasteiger partial charge in [-0.05, 0) is 49.2 Å². The lowest BCUT2D eigenvalue weighted by Crippen LogP contribution is -2.21. The maximum absolute atomic E-state index is 13.1. The summed E-state index contributed by atoms with van der Waals surface area (Å²) in [5, 5.41) is 2.76. The number of sulfone groups is 1. The molecule has 29 heavy (non-hydrogen) atoms. The third kappa shape index (κ3) is 3.75. The van der Waals surface area contributed by atoms with E-state index >= 15 is 0 Å². The van der Waals surface area contributed by atoms with Gasteiger partial charge in [-0.15, -0.1) is 0 Å². The average Bonchev–Trinajstić information content (AvgIpc) is 3.07. The molecule has 0 amide bonds. The number of hydrogen-bond donors (Lipinski definition) is 1. The molecule has 0 fully saturated rings. The van der Waals surface area contributed by atoms with Crippen LogP contribution in [0.5, 0.6) is 5.75 Å². The summed E-state index contributed by atoms with van der Waals surface area (Å²) in [7, 11) is -2.04. The molecule has 0 aliphatic heterocycles. The Labute approximate surface area is 168 Å². The van der Waals surface area contributed by atoms with E-state index in [1.807, 2.05) is 0 Å². The van der Waals surface area contributed by atoms with Gasteiger partial charge in [0.05, 0.1) is 12.0 Å². The van der Waals surface area contributed by atoms with Crippen molar-refractivity contribution in [3.05, 3.63) is 69.6 Å². The zero-order valence-electron chi connectivity index (χ0n) is 16.6. The molecule has 0 bridgehead atoms. The van der Waals surface area contributed by atoms with E-state index in [1.54, 1.807) is 38.1 Å². The van der Waals surface area contributed by atoms with Gasteiger partial charge in [-0.3, -0.25) is 14.3 Å². The molecule has 8 heteroatoms. The summed E-state index contributed by atoms with van der Waals surface area (Å²) in [6.07, 6.45) is 2.50. The first-order chi connectivity index (χ1) is 13.7. The number of ketones is 1. The van der Waals surface area contributed by atoms with Gasteiger partial charge in [-0.25, -0.2) is 8.42 Å². The molecular formula is C21H22N2O5S. The zero-order valence-corrected chi connectivity index (χ0v) is 17.5. The number of methoxy groups -OCH3 is 1. The quantitative estimate of drug-likeness (QED) is 0.626. The van der Waals surface area contributed by atoms with Crippen LogP contribution in [-0.4, -0.2) is 37.3 Å². The van der Waals surface area contributed by atoms with Crippen LogP contribution in [0.3, 0.4) is 0 Å². The Morgan fingerprint density at radius 2 is 1.90 bits per heavy atom. The molecule has 1 heterocycles. The van der Waals surface area contributed by atoms with Gasteiger partial charge in [0, 0.05) is 30.1 Å². The van der Waals surface area contributed by atoms with E-state index in [-0.39, 0.29) is 16.0 Å². The van der Waals surface area contributed by atoms with Crippen LogP contribution >= 0.6 is 0 Å². The van der Waals surface area contributed by atoms with E-state index in [0.717, 1.165) is 6.26 Å². The highest BCUT2D eigenvalue weighted by atomic mass is 32.2. The summed E-state index contributed by atoms with van der Waals surface area (Å²) in [6.45, 7) is 3.88. The van der Waals surface area contributed by atoms with Crippen molar-refractivity contribution < 1.29 is 17.9 Å². The van der Waals surface area contributed by atoms with Crippen LogP contribution in [0, 0.1) is 6.92 Å². The number of nitrogens with zero attached hydrogens (tertiary/aromatic N) is 1. The van der Waals surface area contributed by atoms with Crippen LogP contribution in [0.25, 0.3) is 11.1 Å². The number of aromatic nitrogens is 2. The molecule has 3 aromatic rings. The number of ether oxygens (including phenoxy) is 1. The highest BCUT2D eigenvalue weighted by Gasteiger charge is 2.24. The Hall–Kier alpha value is -3.13. The monoisotopic (exact) mass is 414 g/mol. The van der Waals surface area contributed by atoms with Crippen molar-refractivity contribution >= 4 is 15.6 Å². The van der Waals surface area contributed by atoms with Crippen LogP contribution < -0.4 is 10.3 Å². The summed E-state index contributed by atoms with van der Waals surface area (Å²) in [5.74, 6) is 0.106. The van der Waals surface area contributed by atoms with Gasteiger partial charge in [0.1, 0.15) is 11.3 Å². The summed E-state index contributed by atoms with van der Waals surface area (Å²) in [5.41, 5.74) is 1.38. The fourth-order valence-corrected chi connectivity index (χ4v) is 4.29. The number of aromatic amines is 1. The Morgan fingerprint density at radius 3 is 2.48 bits per heavy atom. The number of carbonyl (C=O) groups excluding carboxylic acids is 1. The lowest BCUT2D eigenvalue weighted by molar-refractivity contribution is 0.103. The van der Waals surface area contributed by atoms with Gasteiger partial charge in [0.15, 0.2) is 15.6 Å². The molecule has 1 aromatic heterocycles. The van der Waals surface area contributed by atoms with Crippen molar-refractivity contribution in [2.24, 2.45) is 0 Å². The van der Waals surface area contributed by atoms with E-state index < -0.39 is 21.2 Å². The van der Waals surface area contributed by atoms with Crippen LogP contribution in [0.15, 0.2) is 52.3 Å². The molecule has 0 unspecified atom stereocenters. The van der Waals surface area contributed by atoms with Crippen molar-refractivity contribution in [3.63, 3.8) is 0 Å². The van der Waals surface area contributed by atoms with E-state index in [1.165, 1.54) is 30.1 Å². The summed E-state index contributed by atoms with van der Waals surface area (Å²) < 4.78 is 31.4. The maximum atomic E-state index is 13.1. The average molecular weight is 414 g/mol. The summed E-state index contributed by atoms with van der Waals surface area (Å²) in [6, 6.07) is 9.84. The Bertz CT molecular complexity index is 1250. The van der Waals surface area contributed by atoms with E-state index in [4.69, 9.17) is 4.74 Å². The minimum absolute atomic E-state index is 0.0126. The molecule has 0 spiro atoms. The Balaban J connectivity index is 2.27. The molecule has 7 nitrogen and oxygen atoms in total. The molecule has 3 rings (SSSR count). The largest absolute Gasteiger partial charge is 0.497 e. The van der Waals surface area contributed by atoms with E-state index in [2.05, 4.69) is 5.10 Å². The smallest absolute Gasteiger partial charge is 0.277 e. The highest BCUT2D eigenvalue weighted by molar-refractivity contribution is 7.90. The first-order valence-electron chi connectivity index (χ1n) is 9.00. The standard InChI is InChI=1S/C21H22N2O5S/c1-5-23-21(25)17(12-22-23)20(24)16-9-10-18(29(4,26)27)19(13(16)2)14-7-6-8-15(11-14)28-3/h6-12,22H,5H2,1-4H3. The molecule has 0 atom stereocenters. The van der Waals surface area contributed by atoms with Crippen molar-refractivity contribution in [2.75, 3.05) is 13.4 Å². The number of nitrogens with one attached hydrogen (secondary N) is 1. The Morgan fingerprint density at radius 1 is 1.17 bits per heavy atom. The number of carbonyl (C=O) groups is 1. The summed E-state index contributed by atoms with van der Waals surface area (Å²) in [4.78, 5) is 25.6. The minimum atomic E-state index is -3.56. The number of hydrogen-bond acceptors (Lipinski definition) is 5. The summed E-state index contributed by atoms with van der Waals surface area (Å²) >= 11 is 0. The van der Waals surface area contributed by atoms with Crippen molar-refractivity contribution in [1.82, 2.24) is 9.78 Å². The van der Waals surface area contributed by atoms with Gasteiger partial charge in [0.25, 0.3) is 5.56 Å². The molecule has 0 saturated carbocycles. The fraction of sp³-hybridized carbons (Fsp3) is 0.238. The predicted molar refractivity (Wildman–Crippen MR) is 110 cm³/mol. The Kier molecular flexibility index (Phi) is 5.48. The lowest BCUT2D eigenvalue weighted by atomic mass is 9.93. The van der Waals surface area contributed by atoms with Gasteiger partial charge >= 0.3 is 0 Å². The predicted octanol–water partition coefficient (Wildman–Crippen LogP) is 2.81. The van der Waals surface area contributed by atoms with Gasteiger partial charge in [0.2, 0.25) is 0 Å². The maximum Gasteiger partial charge on any atom is 0.277 e. The molecular weight excluding hydrogens is 392 g/mol. The second-order valence-electron chi connectivity index (χ2n) is 6.68. The van der Waals surface area contributed by atoms with E-state index in [0.29, 0.717) is 29.0 Å². The van der Waals surface area contributed by atoms with Gasteiger partial charge < -0.3 is 9.84 Å². The van der Waals surface area contributed by atoms with Crippen LogP contribution in [0.1, 0.15) is 28.4 Å². The normalized spacial score (nSPS) is 11.4. The number of rotatable bonds is 6. The second kappa shape index (κ2) is 7.71. The van der Waals surface area contributed by atoms with Gasteiger partial charge in [-0.2, -0.15) is 0 Å². The van der Waals surface area contributed by atoms with Crippen LogP contribution in [0.2, 0.25) is 0 Å². The second-order valence-corrected chi connectivity index (χ2v) is 8.67. The minimum Gasteiger partial charge on any atom is -0.497 e. The number of H-pyrrole nitrogens is 1. The van der Waals surface area contributed by atoms with Crippen LogP contribution in [-0.2, 0) is 16.4 Å². The fourth-order valence-electron chi connectivity index (χ4n) is 3.33. The first kappa shape index (κ1) is 20.6. The van der Waals surface area contributed by atoms with Crippen molar-refractivity contribution in [3.8, 4) is 16.9 Å². The number of benzene rings is 2. The molecule has 0 aliphatic rings. The molecule has 1 N–H and O–H groups in total. The molecule has 0 aliphatic carbocycles. The molecule has 0 radical (unpaired) electrons. The topological polar surface area (TPSA) is 98.2 Å². The zero-order chi connectivity index (χ0) is 21.3. The van der Waals surface area contributed by atoms with Crippen molar-refractivity contribution in [2.45, 2.75) is 25.3 Å². The van der Waals surface area contributed by atoms with Crippen LogP contribution in [0.4, 0.5) is 0 Å². The number of aryl methyl sites for hydroxylation is 1. The lowest BCUT2D eigenvalue weighted by Gasteiger charge is -2.15. The van der Waals surface area contributed by atoms with Crippen molar-refractivity contribution in [1.29, 1.82) is 0 Å². The van der Waals surface area contributed by atoms with E-state index in [9.17, 15) is 18.0 Å². The molecule has 2 aromatic carbocycles.